The van der Waals surface area contributed by atoms with E-state index in [0.717, 1.165) is 11.3 Å². The van der Waals surface area contributed by atoms with Crippen molar-refractivity contribution in [1.29, 1.82) is 0 Å². The van der Waals surface area contributed by atoms with Crippen molar-refractivity contribution in [2.24, 2.45) is 5.73 Å². The van der Waals surface area contributed by atoms with Crippen LogP contribution in [0.3, 0.4) is 0 Å². The van der Waals surface area contributed by atoms with Gasteiger partial charge in [0.25, 0.3) is 0 Å². The Morgan fingerprint density at radius 3 is 2.86 bits per heavy atom. The summed E-state index contributed by atoms with van der Waals surface area (Å²) >= 11 is 0. The van der Waals surface area contributed by atoms with Crippen LogP contribution in [-0.2, 0) is 14.7 Å². The topological polar surface area (TPSA) is 168 Å². The molecular formula is C10H14N4O7S. The highest BCUT2D eigenvalue weighted by atomic mass is 32.3. The molecule has 5 N–H and O–H groups in total. The molecule has 0 unspecified atom stereocenters. The van der Waals surface area contributed by atoms with Gasteiger partial charge in [0.1, 0.15) is 0 Å². The number of hydrogen-bond donors (Lipinski definition) is 4. The number of nitrogens with two attached hydrogens (primary N) is 1. The predicted molar refractivity (Wildman–Crippen MR) is 71.6 cm³/mol. The molecule has 11 nitrogen and oxygen atoms in total. The van der Waals surface area contributed by atoms with E-state index in [1.54, 1.807) is 0 Å². The number of aromatic nitrogens is 1. The number of hydroxylamine groups is 1. The largest absolute Gasteiger partial charge is 0.465 e. The fourth-order valence-corrected chi connectivity index (χ4v) is 2.33. The van der Waals surface area contributed by atoms with Crippen molar-refractivity contribution in [2.45, 2.75) is 12.1 Å². The summed E-state index contributed by atoms with van der Waals surface area (Å²) in [6.45, 7) is -0.144. The summed E-state index contributed by atoms with van der Waals surface area (Å²) in [5, 5.41) is 9.17. The van der Waals surface area contributed by atoms with Gasteiger partial charge in [-0.25, -0.2) is 9.78 Å². The maximum absolute atomic E-state index is 11.2. The molecule has 1 aromatic heterocycles. The van der Waals surface area contributed by atoms with Crippen LogP contribution in [0.5, 0.6) is 0 Å². The number of hydrogen-bond acceptors (Lipinski definition) is 8. The summed E-state index contributed by atoms with van der Waals surface area (Å²) < 4.78 is 39.2. The smallest absolute Gasteiger partial charge is 0.413 e. The first-order chi connectivity index (χ1) is 10.3. The van der Waals surface area contributed by atoms with Crippen LogP contribution < -0.4 is 11.2 Å². The zero-order chi connectivity index (χ0) is 16.3. The standard InChI is InChI=1S/C10H14N4O7S/c11-2-6-1-7(9-3-12-5-20-9)8(4-14(6)10(15)16)13-21-22(17,18)19/h1,3,5-6,8,13H,2,4,11H2,(H,15,16)(H,17,18,19)/t6-,8-/m0/s1. The van der Waals surface area contributed by atoms with Gasteiger partial charge in [-0.1, -0.05) is 6.08 Å². The fraction of sp³-hybridized carbons (Fsp3) is 0.400. The third kappa shape index (κ3) is 3.80. The summed E-state index contributed by atoms with van der Waals surface area (Å²) in [5.41, 5.74) is 8.05. The summed E-state index contributed by atoms with van der Waals surface area (Å²) in [6, 6.07) is -1.53. The van der Waals surface area contributed by atoms with Crippen LogP contribution in [0.15, 0.2) is 23.1 Å². The lowest BCUT2D eigenvalue weighted by atomic mass is 9.96. The summed E-state index contributed by atoms with van der Waals surface area (Å²) in [4.78, 5) is 16.0. The van der Waals surface area contributed by atoms with Gasteiger partial charge in [-0.05, 0) is 0 Å². The van der Waals surface area contributed by atoms with Crippen molar-refractivity contribution < 1.29 is 31.6 Å². The Labute approximate surface area is 125 Å². The maximum Gasteiger partial charge on any atom is 0.413 e. The Hall–Kier alpha value is -1.99. The Bertz CT molecular complexity index is 657. The second-order valence-electron chi connectivity index (χ2n) is 4.41. The molecule has 122 valence electrons. The van der Waals surface area contributed by atoms with Crippen molar-refractivity contribution in [1.82, 2.24) is 15.4 Å². The molecule has 0 fully saturated rings. The van der Waals surface area contributed by atoms with Gasteiger partial charge in [-0.2, -0.15) is 18.2 Å². The number of carboxylic acid groups (broad SMARTS) is 1. The van der Waals surface area contributed by atoms with Crippen molar-refractivity contribution in [3.63, 3.8) is 0 Å². The average molecular weight is 334 g/mol. The van der Waals surface area contributed by atoms with Crippen molar-refractivity contribution in [3.8, 4) is 0 Å². The monoisotopic (exact) mass is 334 g/mol. The van der Waals surface area contributed by atoms with E-state index in [9.17, 15) is 18.3 Å². The molecule has 2 heterocycles. The first kappa shape index (κ1) is 16.4. The van der Waals surface area contributed by atoms with Gasteiger partial charge in [0.2, 0.25) is 0 Å². The molecule has 0 saturated heterocycles. The molecule has 2 rings (SSSR count). The highest BCUT2D eigenvalue weighted by Crippen LogP contribution is 2.25. The molecule has 0 radical (unpaired) electrons. The quantitative estimate of drug-likeness (QED) is 0.390. The van der Waals surface area contributed by atoms with E-state index in [4.69, 9.17) is 14.7 Å². The molecule has 1 aromatic rings. The molecule has 1 aliphatic heterocycles. The van der Waals surface area contributed by atoms with Crippen LogP contribution in [-0.4, -0.2) is 59.2 Å². The maximum atomic E-state index is 11.2. The number of amides is 1. The van der Waals surface area contributed by atoms with E-state index >= 15 is 0 Å². The van der Waals surface area contributed by atoms with Crippen LogP contribution in [0, 0.1) is 0 Å². The van der Waals surface area contributed by atoms with Gasteiger partial charge < -0.3 is 15.3 Å². The average Bonchev–Trinajstić information content (AvgIpc) is 2.97. The molecule has 0 spiro atoms. The van der Waals surface area contributed by atoms with Crippen LogP contribution in [0.2, 0.25) is 0 Å². The molecule has 12 heteroatoms. The third-order valence-electron chi connectivity index (χ3n) is 3.03. The fourth-order valence-electron chi connectivity index (χ4n) is 2.09. The molecule has 2 atom stereocenters. The van der Waals surface area contributed by atoms with Gasteiger partial charge in [0, 0.05) is 18.7 Å². The Balaban J connectivity index is 2.32. The molecule has 1 amide bonds. The lowest BCUT2D eigenvalue weighted by Gasteiger charge is -2.35. The van der Waals surface area contributed by atoms with E-state index in [1.807, 2.05) is 0 Å². The number of nitrogens with one attached hydrogen (secondary N) is 1. The first-order valence-electron chi connectivity index (χ1n) is 6.03. The second-order valence-corrected chi connectivity index (χ2v) is 5.43. The van der Waals surface area contributed by atoms with Crippen LogP contribution in [0.4, 0.5) is 4.79 Å². The number of rotatable bonds is 5. The van der Waals surface area contributed by atoms with E-state index in [1.165, 1.54) is 12.3 Å². The van der Waals surface area contributed by atoms with Gasteiger partial charge >= 0.3 is 16.5 Å². The molecule has 1 aliphatic rings. The molecule has 0 bridgehead atoms. The second kappa shape index (κ2) is 6.41. The number of nitrogens with zero attached hydrogens (tertiary/aromatic N) is 2. The van der Waals surface area contributed by atoms with Crippen LogP contribution in [0.1, 0.15) is 5.76 Å². The zero-order valence-electron chi connectivity index (χ0n) is 11.1. The number of oxazole rings is 1. The lowest BCUT2D eigenvalue weighted by molar-refractivity contribution is 0.104. The van der Waals surface area contributed by atoms with Gasteiger partial charge in [0.05, 0.1) is 18.3 Å². The van der Waals surface area contributed by atoms with E-state index in [0.29, 0.717) is 11.3 Å². The van der Waals surface area contributed by atoms with Crippen molar-refractivity contribution in [2.75, 3.05) is 13.1 Å². The molecular weight excluding hydrogens is 320 g/mol. The minimum atomic E-state index is -4.75. The minimum absolute atomic E-state index is 0.0236. The van der Waals surface area contributed by atoms with Gasteiger partial charge in [-0.3, -0.25) is 9.45 Å². The molecule has 0 aromatic carbocycles. The summed E-state index contributed by atoms with van der Waals surface area (Å²) in [7, 11) is -4.75. The highest BCUT2D eigenvalue weighted by Gasteiger charge is 2.34. The van der Waals surface area contributed by atoms with Gasteiger partial charge in [0.15, 0.2) is 12.2 Å². The van der Waals surface area contributed by atoms with Crippen LogP contribution in [0.25, 0.3) is 5.57 Å². The Morgan fingerprint density at radius 1 is 1.64 bits per heavy atom. The SMILES string of the molecule is NC[C@@H]1C=C(c2cnco2)[C@@H](NOS(=O)(=O)O)CN1C(=O)O. The van der Waals surface area contributed by atoms with E-state index < -0.39 is 28.6 Å². The van der Waals surface area contributed by atoms with Crippen molar-refractivity contribution >= 4 is 22.1 Å². The van der Waals surface area contributed by atoms with Gasteiger partial charge in [-0.15, -0.1) is 0 Å². The van der Waals surface area contributed by atoms with E-state index in [-0.39, 0.29) is 13.1 Å². The molecule has 0 saturated carbocycles. The summed E-state index contributed by atoms with van der Waals surface area (Å²) in [5.74, 6) is 0.292. The third-order valence-corrected chi connectivity index (χ3v) is 3.33. The van der Waals surface area contributed by atoms with Crippen LogP contribution >= 0.6 is 0 Å². The van der Waals surface area contributed by atoms with E-state index in [2.05, 4.69) is 14.7 Å². The summed E-state index contributed by atoms with van der Waals surface area (Å²) in [6.07, 6.45) is 2.81. The highest BCUT2D eigenvalue weighted by molar-refractivity contribution is 7.80. The normalized spacial score (nSPS) is 22.5. The predicted octanol–water partition coefficient (Wildman–Crippen LogP) is -0.928. The Kier molecular flexibility index (Phi) is 4.77. The Morgan fingerprint density at radius 2 is 2.36 bits per heavy atom. The molecule has 22 heavy (non-hydrogen) atoms. The van der Waals surface area contributed by atoms with Crippen molar-refractivity contribution in [3.05, 3.63) is 24.4 Å². The minimum Gasteiger partial charge on any atom is -0.465 e. The zero-order valence-corrected chi connectivity index (χ0v) is 11.9. The number of carbonyl (C=O) groups is 1. The molecule has 0 aliphatic carbocycles. The lowest BCUT2D eigenvalue weighted by Crippen LogP contribution is -2.53. The first-order valence-corrected chi connectivity index (χ1v) is 7.40.